The van der Waals surface area contributed by atoms with Gasteiger partial charge in [-0.2, -0.15) is 0 Å². The van der Waals surface area contributed by atoms with Gasteiger partial charge in [-0.25, -0.2) is 9.78 Å². The third kappa shape index (κ3) is 5.85. The minimum atomic E-state index is -0.539. The Balaban J connectivity index is 1.17. The molecule has 1 aliphatic carbocycles. The summed E-state index contributed by atoms with van der Waals surface area (Å²) in [6.07, 6.45) is 4.11. The van der Waals surface area contributed by atoms with E-state index in [1.165, 1.54) is 23.7 Å². The molecule has 3 heterocycles. The zero-order valence-electron chi connectivity index (χ0n) is 22.5. The van der Waals surface area contributed by atoms with E-state index in [1.54, 1.807) is 40.2 Å². The average Bonchev–Trinajstić information content (AvgIpc) is 3.63. The maximum atomic E-state index is 13.9. The number of rotatable bonds is 9. The molecule has 0 unspecified atom stereocenters. The smallest absolute Gasteiger partial charge is 0.339 e. The van der Waals surface area contributed by atoms with Gasteiger partial charge in [0.25, 0.3) is 10.8 Å². The van der Waals surface area contributed by atoms with E-state index in [9.17, 15) is 14.4 Å². The van der Waals surface area contributed by atoms with Crippen molar-refractivity contribution in [2.24, 2.45) is 0 Å². The number of amides is 1. The van der Waals surface area contributed by atoms with Gasteiger partial charge < -0.3 is 14.5 Å². The fourth-order valence-corrected chi connectivity index (χ4v) is 7.50. The van der Waals surface area contributed by atoms with Gasteiger partial charge in [-0.1, -0.05) is 53.9 Å². The van der Waals surface area contributed by atoms with E-state index in [0.29, 0.717) is 22.5 Å². The van der Waals surface area contributed by atoms with Crippen LogP contribution in [0.25, 0.3) is 15.9 Å². The molecule has 0 bridgehead atoms. The lowest BCUT2D eigenvalue weighted by molar-refractivity contribution is -0.113. The number of hydrogen-bond donors (Lipinski definition) is 1. The summed E-state index contributed by atoms with van der Waals surface area (Å²) in [5.41, 5.74) is 2.46. The van der Waals surface area contributed by atoms with E-state index in [-0.39, 0.29) is 28.0 Å². The number of nitrogens with zero attached hydrogens (tertiary/aromatic N) is 4. The Morgan fingerprint density at radius 2 is 1.83 bits per heavy atom. The normalized spacial score (nSPS) is 12.7. The molecule has 2 aromatic carbocycles. The Morgan fingerprint density at radius 3 is 2.67 bits per heavy atom. The number of aromatic nitrogens is 4. The van der Waals surface area contributed by atoms with Crippen molar-refractivity contribution in [2.75, 3.05) is 18.2 Å². The van der Waals surface area contributed by atoms with Gasteiger partial charge in [0.15, 0.2) is 5.16 Å². The molecule has 5 aromatic rings. The highest BCUT2D eigenvalue weighted by Gasteiger charge is 2.23. The molecule has 0 fully saturated rings. The maximum absolute atomic E-state index is 13.9. The molecule has 1 N–H and O–H groups in total. The van der Waals surface area contributed by atoms with Crippen molar-refractivity contribution in [1.29, 1.82) is 0 Å². The minimum Gasteiger partial charge on any atom is -0.465 e. The first-order chi connectivity index (χ1) is 20.5. The summed E-state index contributed by atoms with van der Waals surface area (Å²) in [5.74, 6) is -0.240. The molecule has 0 aliphatic heterocycles. The van der Waals surface area contributed by atoms with Crippen molar-refractivity contribution >= 4 is 62.6 Å². The fraction of sp³-hybridized carbons (Fsp3) is 0.241. The number of carbonyl (C=O) groups is 2. The quantitative estimate of drug-likeness (QED) is 0.128. The predicted octanol–water partition coefficient (Wildman–Crippen LogP) is 5.52. The number of ether oxygens (including phenoxy) is 1. The SMILES string of the molecule is COC(=O)c1ccccc1NC(=O)CSc1nnc(CSc2nc3sc4c(c3c(=O)n2-c2ccccc2)CCCC4)o1. The van der Waals surface area contributed by atoms with Crippen molar-refractivity contribution in [3.63, 3.8) is 0 Å². The molecule has 0 saturated carbocycles. The van der Waals surface area contributed by atoms with Crippen LogP contribution in [-0.4, -0.2) is 44.5 Å². The van der Waals surface area contributed by atoms with Gasteiger partial charge in [0, 0.05) is 4.88 Å². The zero-order chi connectivity index (χ0) is 29.1. The van der Waals surface area contributed by atoms with Crippen LogP contribution in [0, 0.1) is 0 Å². The highest BCUT2D eigenvalue weighted by molar-refractivity contribution is 7.99. The standard InChI is InChI=1S/C29H25N5O5S3/c1-38-27(37)18-11-5-7-13-20(18)30-22(35)15-41-29-33-32-23(39-29)16-40-28-31-25-24(19-12-6-8-14-21(19)42-25)26(36)34(28)17-9-3-2-4-10-17/h2-5,7,9-11,13H,6,8,12,14-16H2,1H3,(H,30,35). The molecule has 42 heavy (non-hydrogen) atoms. The lowest BCUT2D eigenvalue weighted by Crippen LogP contribution is -2.22. The Morgan fingerprint density at radius 1 is 1.05 bits per heavy atom. The van der Waals surface area contributed by atoms with E-state index < -0.39 is 5.97 Å². The van der Waals surface area contributed by atoms with Crippen LogP contribution in [0.1, 0.15) is 39.5 Å². The summed E-state index contributed by atoms with van der Waals surface area (Å²) in [6.45, 7) is 0. The number of anilines is 1. The van der Waals surface area contributed by atoms with Crippen molar-refractivity contribution in [2.45, 2.75) is 41.8 Å². The van der Waals surface area contributed by atoms with E-state index in [2.05, 4.69) is 15.5 Å². The molecule has 0 radical (unpaired) electrons. The first-order valence-electron chi connectivity index (χ1n) is 13.2. The first kappa shape index (κ1) is 28.2. The largest absolute Gasteiger partial charge is 0.465 e. The van der Waals surface area contributed by atoms with Crippen LogP contribution < -0.4 is 10.9 Å². The Bertz CT molecular complexity index is 1830. The van der Waals surface area contributed by atoms with Gasteiger partial charge >= 0.3 is 5.97 Å². The second-order valence-corrected chi connectivity index (χ2v) is 12.3. The van der Waals surface area contributed by atoms with Crippen LogP contribution in [-0.2, 0) is 28.1 Å². The summed E-state index contributed by atoms with van der Waals surface area (Å²) >= 11 is 4.04. The number of fused-ring (bicyclic) bond motifs is 3. The van der Waals surface area contributed by atoms with E-state index >= 15 is 0 Å². The molecule has 0 saturated heterocycles. The van der Waals surface area contributed by atoms with Crippen molar-refractivity contribution in [1.82, 2.24) is 19.7 Å². The molecule has 0 atom stereocenters. The Kier molecular flexibility index (Phi) is 8.40. The van der Waals surface area contributed by atoms with Crippen LogP contribution in [0.3, 0.4) is 0 Å². The zero-order valence-corrected chi connectivity index (χ0v) is 24.9. The lowest BCUT2D eigenvalue weighted by Gasteiger charge is -2.13. The summed E-state index contributed by atoms with van der Waals surface area (Å²) in [5, 5.41) is 12.4. The number of thioether (sulfide) groups is 2. The molecule has 13 heteroatoms. The lowest BCUT2D eigenvalue weighted by atomic mass is 9.97. The average molecular weight is 620 g/mol. The summed E-state index contributed by atoms with van der Waals surface area (Å²) in [6, 6.07) is 16.1. The molecule has 214 valence electrons. The van der Waals surface area contributed by atoms with Crippen LogP contribution in [0.5, 0.6) is 0 Å². The second-order valence-electron chi connectivity index (χ2n) is 9.39. The monoisotopic (exact) mass is 619 g/mol. The van der Waals surface area contributed by atoms with Gasteiger partial charge in [0.1, 0.15) is 4.83 Å². The number of nitrogens with one attached hydrogen (secondary N) is 1. The van der Waals surface area contributed by atoms with Crippen LogP contribution in [0.15, 0.2) is 74.2 Å². The predicted molar refractivity (Wildman–Crippen MR) is 163 cm³/mol. The summed E-state index contributed by atoms with van der Waals surface area (Å²) in [4.78, 5) is 45.3. The summed E-state index contributed by atoms with van der Waals surface area (Å²) < 4.78 is 12.2. The van der Waals surface area contributed by atoms with Crippen molar-refractivity contribution in [3.05, 3.63) is 86.8 Å². The van der Waals surface area contributed by atoms with E-state index in [0.717, 1.165) is 58.9 Å². The van der Waals surface area contributed by atoms with Gasteiger partial charge in [0.2, 0.25) is 11.8 Å². The Labute approximate surface area is 252 Å². The van der Waals surface area contributed by atoms with Crippen LogP contribution in [0.2, 0.25) is 0 Å². The Hall–Kier alpha value is -3.94. The third-order valence-corrected chi connectivity index (χ3v) is 9.61. The number of esters is 1. The van der Waals surface area contributed by atoms with Crippen LogP contribution in [0.4, 0.5) is 5.69 Å². The highest BCUT2D eigenvalue weighted by atomic mass is 32.2. The first-order valence-corrected chi connectivity index (χ1v) is 16.0. The molecule has 6 rings (SSSR count). The molecular weight excluding hydrogens is 595 g/mol. The van der Waals surface area contributed by atoms with Crippen molar-refractivity contribution in [3.8, 4) is 5.69 Å². The number of carbonyl (C=O) groups excluding carboxylic acids is 2. The number of thiophene rings is 1. The van der Waals surface area contributed by atoms with Gasteiger partial charge in [-0.3, -0.25) is 14.2 Å². The summed E-state index contributed by atoms with van der Waals surface area (Å²) in [7, 11) is 1.28. The number of hydrogen-bond acceptors (Lipinski definition) is 11. The molecular formula is C29H25N5O5S3. The second kappa shape index (κ2) is 12.5. The van der Waals surface area contributed by atoms with E-state index in [4.69, 9.17) is 14.1 Å². The topological polar surface area (TPSA) is 129 Å². The number of aryl methyl sites for hydroxylation is 2. The van der Waals surface area contributed by atoms with E-state index in [1.807, 2.05) is 30.3 Å². The fourth-order valence-electron chi connectivity index (χ4n) is 4.76. The van der Waals surface area contributed by atoms with Gasteiger partial charge in [-0.15, -0.1) is 21.5 Å². The third-order valence-electron chi connectivity index (χ3n) is 6.68. The molecule has 1 aliphatic rings. The van der Waals surface area contributed by atoms with Crippen LogP contribution >= 0.6 is 34.9 Å². The molecule has 0 spiro atoms. The number of methoxy groups -OCH3 is 1. The van der Waals surface area contributed by atoms with Crippen molar-refractivity contribution < 1.29 is 18.7 Å². The highest BCUT2D eigenvalue weighted by Crippen LogP contribution is 2.35. The maximum Gasteiger partial charge on any atom is 0.339 e. The molecule has 3 aromatic heterocycles. The molecule has 10 nitrogen and oxygen atoms in total. The van der Waals surface area contributed by atoms with Gasteiger partial charge in [-0.05, 0) is 55.5 Å². The number of benzene rings is 2. The molecule has 1 amide bonds. The minimum absolute atomic E-state index is 0.000893. The van der Waals surface area contributed by atoms with Gasteiger partial charge in [0.05, 0.1) is 40.9 Å². The number of para-hydroxylation sites is 2.